The van der Waals surface area contributed by atoms with E-state index >= 15 is 0 Å². The van der Waals surface area contributed by atoms with Crippen molar-refractivity contribution in [1.29, 1.82) is 0 Å². The molecule has 1 fully saturated rings. The third kappa shape index (κ3) is 5.43. The Balaban J connectivity index is 1.41. The SMILES string of the molecule is Cc1cc(C)n(CC(=O)N[C@@H]2CCCN(CCCc3ccccc3)C2)n1. The number of rotatable bonds is 7. The van der Waals surface area contributed by atoms with E-state index in [0.717, 1.165) is 56.7 Å². The first-order chi connectivity index (χ1) is 12.6. The van der Waals surface area contributed by atoms with E-state index in [0.29, 0.717) is 6.54 Å². The van der Waals surface area contributed by atoms with Gasteiger partial charge < -0.3 is 10.2 Å². The van der Waals surface area contributed by atoms with Gasteiger partial charge in [-0.25, -0.2) is 0 Å². The lowest BCUT2D eigenvalue weighted by atomic mass is 10.0. The van der Waals surface area contributed by atoms with Crippen molar-refractivity contribution >= 4 is 5.91 Å². The molecule has 26 heavy (non-hydrogen) atoms. The van der Waals surface area contributed by atoms with Gasteiger partial charge in [0.25, 0.3) is 0 Å². The fourth-order valence-corrected chi connectivity index (χ4v) is 3.77. The van der Waals surface area contributed by atoms with E-state index in [4.69, 9.17) is 0 Å². The highest BCUT2D eigenvalue weighted by molar-refractivity contribution is 5.76. The minimum Gasteiger partial charge on any atom is -0.350 e. The normalized spacial score (nSPS) is 18.0. The summed E-state index contributed by atoms with van der Waals surface area (Å²) in [7, 11) is 0. The van der Waals surface area contributed by atoms with Gasteiger partial charge in [0.05, 0.1) is 5.69 Å². The second-order valence-corrected chi connectivity index (χ2v) is 7.38. The average molecular weight is 354 g/mol. The molecule has 0 unspecified atom stereocenters. The van der Waals surface area contributed by atoms with Crippen LogP contribution in [0.15, 0.2) is 36.4 Å². The Labute approximate surface area is 156 Å². The molecule has 0 saturated carbocycles. The number of aryl methyl sites for hydroxylation is 3. The Bertz CT molecular complexity index is 710. The molecule has 0 bridgehead atoms. The second-order valence-electron chi connectivity index (χ2n) is 7.38. The molecule has 1 aromatic carbocycles. The zero-order chi connectivity index (χ0) is 18.4. The lowest BCUT2D eigenvalue weighted by Gasteiger charge is -2.33. The number of amides is 1. The first kappa shape index (κ1) is 18.6. The number of piperidine rings is 1. The number of aromatic nitrogens is 2. The van der Waals surface area contributed by atoms with Gasteiger partial charge in [0, 0.05) is 18.3 Å². The molecule has 5 nitrogen and oxygen atoms in total. The fourth-order valence-electron chi connectivity index (χ4n) is 3.77. The van der Waals surface area contributed by atoms with Crippen molar-refractivity contribution in [2.75, 3.05) is 19.6 Å². The first-order valence-corrected chi connectivity index (χ1v) is 9.67. The van der Waals surface area contributed by atoms with Crippen LogP contribution in [0.4, 0.5) is 0 Å². The number of benzene rings is 1. The van der Waals surface area contributed by atoms with Crippen LogP contribution in [0.5, 0.6) is 0 Å². The van der Waals surface area contributed by atoms with Crippen LogP contribution in [-0.2, 0) is 17.8 Å². The Morgan fingerprint density at radius 3 is 2.81 bits per heavy atom. The topological polar surface area (TPSA) is 50.2 Å². The highest BCUT2D eigenvalue weighted by Gasteiger charge is 2.21. The van der Waals surface area contributed by atoms with Crippen molar-refractivity contribution in [3.8, 4) is 0 Å². The van der Waals surface area contributed by atoms with Gasteiger partial charge in [0.2, 0.25) is 5.91 Å². The minimum absolute atomic E-state index is 0.0623. The van der Waals surface area contributed by atoms with Gasteiger partial charge in [0.1, 0.15) is 6.54 Å². The average Bonchev–Trinajstić information content (AvgIpc) is 2.93. The standard InChI is InChI=1S/C21H30N4O/c1-17-14-18(2)25(23-17)16-21(26)22-20-11-7-13-24(15-20)12-6-10-19-8-4-3-5-9-19/h3-5,8-9,14,20H,6-7,10-13,15-16H2,1-2H3,(H,22,26)/t20-/m1/s1. The smallest absolute Gasteiger partial charge is 0.242 e. The van der Waals surface area contributed by atoms with Gasteiger partial charge in [-0.15, -0.1) is 0 Å². The summed E-state index contributed by atoms with van der Waals surface area (Å²) in [6.07, 6.45) is 4.50. The molecule has 140 valence electrons. The fraction of sp³-hybridized carbons (Fsp3) is 0.524. The van der Waals surface area contributed by atoms with Crippen molar-refractivity contribution in [1.82, 2.24) is 20.0 Å². The predicted octanol–water partition coefficient (Wildman–Crippen LogP) is 2.71. The summed E-state index contributed by atoms with van der Waals surface area (Å²) in [6, 6.07) is 12.9. The number of hydrogen-bond acceptors (Lipinski definition) is 3. The van der Waals surface area contributed by atoms with E-state index < -0.39 is 0 Å². The van der Waals surface area contributed by atoms with Crippen molar-refractivity contribution in [2.24, 2.45) is 0 Å². The van der Waals surface area contributed by atoms with Crippen LogP contribution in [0, 0.1) is 13.8 Å². The second kappa shape index (κ2) is 8.99. The molecule has 1 aliphatic heterocycles. The molecule has 1 saturated heterocycles. The van der Waals surface area contributed by atoms with Crippen LogP contribution in [0.3, 0.4) is 0 Å². The van der Waals surface area contributed by atoms with Gasteiger partial charge in [-0.2, -0.15) is 5.10 Å². The Morgan fingerprint density at radius 1 is 1.27 bits per heavy atom. The maximum absolute atomic E-state index is 12.4. The molecule has 1 aromatic heterocycles. The van der Waals surface area contributed by atoms with Crippen molar-refractivity contribution in [3.05, 3.63) is 53.3 Å². The van der Waals surface area contributed by atoms with Gasteiger partial charge in [-0.05, 0) is 64.3 Å². The number of hydrogen-bond donors (Lipinski definition) is 1. The van der Waals surface area contributed by atoms with E-state index in [1.54, 1.807) is 4.68 Å². The number of nitrogens with zero attached hydrogens (tertiary/aromatic N) is 3. The monoisotopic (exact) mass is 354 g/mol. The van der Waals surface area contributed by atoms with Crippen LogP contribution < -0.4 is 5.32 Å². The summed E-state index contributed by atoms with van der Waals surface area (Å²) >= 11 is 0. The van der Waals surface area contributed by atoms with Crippen molar-refractivity contribution in [2.45, 2.75) is 52.1 Å². The highest BCUT2D eigenvalue weighted by atomic mass is 16.2. The molecular weight excluding hydrogens is 324 g/mol. The molecule has 5 heteroatoms. The zero-order valence-corrected chi connectivity index (χ0v) is 15.9. The van der Waals surface area contributed by atoms with E-state index in [2.05, 4.69) is 45.6 Å². The third-order valence-corrected chi connectivity index (χ3v) is 5.05. The van der Waals surface area contributed by atoms with E-state index in [9.17, 15) is 4.79 Å². The molecule has 2 aromatic rings. The van der Waals surface area contributed by atoms with Crippen molar-refractivity contribution < 1.29 is 4.79 Å². The van der Waals surface area contributed by atoms with Crippen LogP contribution >= 0.6 is 0 Å². The number of nitrogens with one attached hydrogen (secondary N) is 1. The lowest BCUT2D eigenvalue weighted by molar-refractivity contribution is -0.123. The summed E-state index contributed by atoms with van der Waals surface area (Å²) in [5.74, 6) is 0.0623. The van der Waals surface area contributed by atoms with Gasteiger partial charge in [0.15, 0.2) is 0 Å². The first-order valence-electron chi connectivity index (χ1n) is 9.67. The maximum atomic E-state index is 12.4. The molecule has 1 aliphatic rings. The Kier molecular flexibility index (Phi) is 6.45. The van der Waals surface area contributed by atoms with Crippen LogP contribution in [-0.4, -0.2) is 46.3 Å². The minimum atomic E-state index is 0.0623. The van der Waals surface area contributed by atoms with E-state index in [-0.39, 0.29) is 11.9 Å². The van der Waals surface area contributed by atoms with Crippen molar-refractivity contribution in [3.63, 3.8) is 0 Å². The molecule has 2 heterocycles. The molecule has 0 radical (unpaired) electrons. The Morgan fingerprint density at radius 2 is 2.08 bits per heavy atom. The van der Waals surface area contributed by atoms with E-state index in [1.807, 2.05) is 19.9 Å². The quantitative estimate of drug-likeness (QED) is 0.832. The van der Waals surface area contributed by atoms with Gasteiger partial charge in [-0.1, -0.05) is 30.3 Å². The molecule has 3 rings (SSSR count). The summed E-state index contributed by atoms with van der Waals surface area (Å²) in [6.45, 7) is 7.44. The highest BCUT2D eigenvalue weighted by Crippen LogP contribution is 2.12. The molecule has 1 amide bonds. The number of carbonyl (C=O) groups excluding carboxylic acids is 1. The van der Waals surface area contributed by atoms with Crippen LogP contribution in [0.25, 0.3) is 0 Å². The summed E-state index contributed by atoms with van der Waals surface area (Å²) in [5.41, 5.74) is 3.39. The van der Waals surface area contributed by atoms with Crippen LogP contribution in [0.1, 0.15) is 36.2 Å². The zero-order valence-electron chi connectivity index (χ0n) is 15.9. The molecule has 0 aliphatic carbocycles. The Hall–Kier alpha value is -2.14. The van der Waals surface area contributed by atoms with Gasteiger partial charge >= 0.3 is 0 Å². The van der Waals surface area contributed by atoms with Gasteiger partial charge in [-0.3, -0.25) is 9.48 Å². The largest absolute Gasteiger partial charge is 0.350 e. The molecule has 0 spiro atoms. The predicted molar refractivity (Wildman–Crippen MR) is 104 cm³/mol. The molecule has 1 N–H and O–H groups in total. The van der Waals surface area contributed by atoms with E-state index in [1.165, 1.54) is 5.56 Å². The summed E-state index contributed by atoms with van der Waals surface area (Å²) in [4.78, 5) is 14.8. The number of carbonyl (C=O) groups is 1. The summed E-state index contributed by atoms with van der Waals surface area (Å²) < 4.78 is 1.78. The molecule has 1 atom stereocenters. The maximum Gasteiger partial charge on any atom is 0.242 e. The summed E-state index contributed by atoms with van der Waals surface area (Å²) in [5, 5.41) is 7.57. The van der Waals surface area contributed by atoms with Crippen LogP contribution in [0.2, 0.25) is 0 Å². The lowest BCUT2D eigenvalue weighted by Crippen LogP contribution is -2.48. The third-order valence-electron chi connectivity index (χ3n) is 5.05. The number of likely N-dealkylation sites (tertiary alicyclic amines) is 1. The molecular formula is C21H30N4O.